The van der Waals surface area contributed by atoms with E-state index in [1.165, 1.54) is 0 Å². The number of hydrogen-bond acceptors (Lipinski definition) is 3. The molecule has 4 nitrogen and oxygen atoms in total. The molecule has 0 bridgehead atoms. The topological polar surface area (TPSA) is 52.6 Å². The van der Waals surface area contributed by atoms with Gasteiger partial charge in [-0.25, -0.2) is 0 Å². The molecule has 0 aromatic rings. The van der Waals surface area contributed by atoms with E-state index in [4.69, 9.17) is 5.11 Å². The van der Waals surface area contributed by atoms with Crippen LogP contribution in [0.3, 0.4) is 0 Å². The maximum absolute atomic E-state index is 10.8. The minimum Gasteiger partial charge on any atom is -0.481 e. The molecule has 1 saturated heterocycles. The van der Waals surface area contributed by atoms with Crippen LogP contribution < -0.4 is 5.32 Å². The van der Waals surface area contributed by atoms with E-state index in [1.54, 1.807) is 0 Å². The lowest BCUT2D eigenvalue weighted by atomic mass is 10.0. The molecule has 3 atom stereocenters. The Hall–Kier alpha value is -0.610. The SMILES string of the molecule is CNC1C(C(=O)O)CN(C)C1C. The minimum atomic E-state index is -0.703. The molecule has 2 N–H and O–H groups in total. The van der Waals surface area contributed by atoms with E-state index >= 15 is 0 Å². The van der Waals surface area contributed by atoms with E-state index in [9.17, 15) is 4.79 Å². The van der Waals surface area contributed by atoms with E-state index in [0.29, 0.717) is 12.6 Å². The first-order valence-electron chi connectivity index (χ1n) is 4.18. The summed E-state index contributed by atoms with van der Waals surface area (Å²) in [6.45, 7) is 2.69. The van der Waals surface area contributed by atoms with Gasteiger partial charge in [0.05, 0.1) is 5.92 Å². The maximum Gasteiger partial charge on any atom is 0.309 e. The van der Waals surface area contributed by atoms with Gasteiger partial charge in [0.15, 0.2) is 0 Å². The van der Waals surface area contributed by atoms with Crippen LogP contribution in [0.15, 0.2) is 0 Å². The number of likely N-dealkylation sites (tertiary alicyclic amines) is 1. The molecule has 0 aromatic carbocycles. The van der Waals surface area contributed by atoms with Gasteiger partial charge < -0.3 is 15.3 Å². The van der Waals surface area contributed by atoms with Crippen molar-refractivity contribution in [1.82, 2.24) is 10.2 Å². The minimum absolute atomic E-state index is 0.0764. The largest absolute Gasteiger partial charge is 0.481 e. The van der Waals surface area contributed by atoms with E-state index in [0.717, 1.165) is 0 Å². The predicted octanol–water partition coefficient (Wildman–Crippen LogP) is -0.391. The summed E-state index contributed by atoms with van der Waals surface area (Å²) in [5.74, 6) is -0.972. The van der Waals surface area contributed by atoms with Gasteiger partial charge in [0, 0.05) is 18.6 Å². The predicted molar refractivity (Wildman–Crippen MR) is 46.1 cm³/mol. The lowest BCUT2D eigenvalue weighted by Gasteiger charge is -2.20. The summed E-state index contributed by atoms with van der Waals surface area (Å²) >= 11 is 0. The van der Waals surface area contributed by atoms with Gasteiger partial charge in [0.1, 0.15) is 0 Å². The Morgan fingerprint density at radius 1 is 1.67 bits per heavy atom. The monoisotopic (exact) mass is 172 g/mol. The fraction of sp³-hybridized carbons (Fsp3) is 0.875. The van der Waals surface area contributed by atoms with Crippen molar-refractivity contribution in [3.05, 3.63) is 0 Å². The quantitative estimate of drug-likeness (QED) is 0.595. The van der Waals surface area contributed by atoms with Crippen LogP contribution in [0.1, 0.15) is 6.92 Å². The van der Waals surface area contributed by atoms with Gasteiger partial charge in [-0.05, 0) is 21.0 Å². The molecule has 1 aliphatic heterocycles. The van der Waals surface area contributed by atoms with Crippen LogP contribution in [0.2, 0.25) is 0 Å². The van der Waals surface area contributed by atoms with Crippen LogP contribution in [-0.4, -0.2) is 48.7 Å². The second-order valence-electron chi connectivity index (χ2n) is 3.44. The van der Waals surface area contributed by atoms with E-state index < -0.39 is 5.97 Å². The first-order chi connectivity index (χ1) is 5.57. The molecular formula is C8H16N2O2. The third kappa shape index (κ3) is 1.44. The van der Waals surface area contributed by atoms with Crippen molar-refractivity contribution < 1.29 is 9.90 Å². The number of carboxylic acids is 1. The van der Waals surface area contributed by atoms with Crippen molar-refractivity contribution in [3.8, 4) is 0 Å². The number of likely N-dealkylation sites (N-methyl/N-ethyl adjacent to an activating group) is 2. The van der Waals surface area contributed by atoms with Crippen LogP contribution in [0.4, 0.5) is 0 Å². The summed E-state index contributed by atoms with van der Waals surface area (Å²) in [6, 6.07) is 0.378. The van der Waals surface area contributed by atoms with Crippen molar-refractivity contribution in [2.45, 2.75) is 19.0 Å². The Morgan fingerprint density at radius 3 is 2.58 bits per heavy atom. The normalized spacial score (nSPS) is 37.1. The molecule has 1 rings (SSSR count). The van der Waals surface area contributed by atoms with Crippen molar-refractivity contribution in [1.29, 1.82) is 0 Å². The van der Waals surface area contributed by atoms with Crippen molar-refractivity contribution in [2.24, 2.45) is 5.92 Å². The molecule has 1 aliphatic rings. The summed E-state index contributed by atoms with van der Waals surface area (Å²) in [5, 5.41) is 11.9. The van der Waals surface area contributed by atoms with E-state index in [1.807, 2.05) is 21.0 Å². The highest BCUT2D eigenvalue weighted by atomic mass is 16.4. The number of carbonyl (C=O) groups is 1. The second-order valence-corrected chi connectivity index (χ2v) is 3.44. The fourth-order valence-electron chi connectivity index (χ4n) is 1.87. The zero-order valence-electron chi connectivity index (χ0n) is 7.74. The van der Waals surface area contributed by atoms with Gasteiger partial charge in [-0.3, -0.25) is 4.79 Å². The highest BCUT2D eigenvalue weighted by Crippen LogP contribution is 2.21. The van der Waals surface area contributed by atoms with Crippen LogP contribution >= 0.6 is 0 Å². The number of aliphatic carboxylic acids is 1. The summed E-state index contributed by atoms with van der Waals surface area (Å²) < 4.78 is 0. The van der Waals surface area contributed by atoms with Gasteiger partial charge in [-0.15, -0.1) is 0 Å². The number of hydrogen-bond donors (Lipinski definition) is 2. The van der Waals surface area contributed by atoms with Crippen LogP contribution in [0.5, 0.6) is 0 Å². The summed E-state index contributed by atoms with van der Waals surface area (Å²) in [5.41, 5.74) is 0. The molecule has 1 fully saturated rings. The van der Waals surface area contributed by atoms with E-state index in [2.05, 4.69) is 10.2 Å². The van der Waals surface area contributed by atoms with Gasteiger partial charge in [0.25, 0.3) is 0 Å². The van der Waals surface area contributed by atoms with Crippen LogP contribution in [-0.2, 0) is 4.79 Å². The Morgan fingerprint density at radius 2 is 2.25 bits per heavy atom. The Kier molecular flexibility index (Phi) is 2.69. The van der Waals surface area contributed by atoms with Crippen LogP contribution in [0.25, 0.3) is 0 Å². The second kappa shape index (κ2) is 3.41. The third-order valence-corrected chi connectivity index (χ3v) is 2.78. The van der Waals surface area contributed by atoms with Crippen molar-refractivity contribution in [3.63, 3.8) is 0 Å². The average molecular weight is 172 g/mol. The molecular weight excluding hydrogens is 156 g/mol. The molecule has 0 saturated carbocycles. The van der Waals surface area contributed by atoms with Crippen molar-refractivity contribution >= 4 is 5.97 Å². The first-order valence-corrected chi connectivity index (χ1v) is 4.18. The molecule has 12 heavy (non-hydrogen) atoms. The molecule has 0 aliphatic carbocycles. The highest BCUT2D eigenvalue weighted by Gasteiger charge is 2.40. The van der Waals surface area contributed by atoms with Crippen LogP contribution in [0, 0.1) is 5.92 Å². The first kappa shape index (κ1) is 9.48. The zero-order chi connectivity index (χ0) is 9.30. The molecule has 0 amide bonds. The van der Waals surface area contributed by atoms with Gasteiger partial charge in [-0.1, -0.05) is 0 Å². The molecule has 0 radical (unpaired) electrons. The third-order valence-electron chi connectivity index (χ3n) is 2.78. The number of rotatable bonds is 2. The lowest BCUT2D eigenvalue weighted by Crippen LogP contribution is -2.41. The van der Waals surface area contributed by atoms with E-state index in [-0.39, 0.29) is 12.0 Å². The van der Waals surface area contributed by atoms with Gasteiger partial charge in [0.2, 0.25) is 0 Å². The Labute approximate surface area is 72.6 Å². The zero-order valence-corrected chi connectivity index (χ0v) is 7.74. The van der Waals surface area contributed by atoms with Gasteiger partial charge >= 0.3 is 5.97 Å². The molecule has 4 heteroatoms. The van der Waals surface area contributed by atoms with Crippen molar-refractivity contribution in [2.75, 3.05) is 20.6 Å². The molecule has 70 valence electrons. The Bertz CT molecular complexity index is 184. The summed E-state index contributed by atoms with van der Waals surface area (Å²) in [6.07, 6.45) is 0. The maximum atomic E-state index is 10.8. The lowest BCUT2D eigenvalue weighted by molar-refractivity contribution is -0.141. The molecule has 0 aromatic heterocycles. The number of carboxylic acid groups (broad SMARTS) is 1. The highest BCUT2D eigenvalue weighted by molar-refractivity contribution is 5.72. The van der Waals surface area contributed by atoms with Gasteiger partial charge in [-0.2, -0.15) is 0 Å². The average Bonchev–Trinajstić information content (AvgIpc) is 2.29. The summed E-state index contributed by atoms with van der Waals surface area (Å²) in [4.78, 5) is 12.9. The number of nitrogens with one attached hydrogen (secondary N) is 1. The molecule has 3 unspecified atom stereocenters. The number of nitrogens with zero attached hydrogens (tertiary/aromatic N) is 1. The summed E-state index contributed by atoms with van der Waals surface area (Å²) in [7, 11) is 3.77. The molecule has 1 heterocycles. The fourth-order valence-corrected chi connectivity index (χ4v) is 1.87. The molecule has 0 spiro atoms. The smallest absolute Gasteiger partial charge is 0.309 e. The standard InChI is InChI=1S/C8H16N2O2/c1-5-7(9-2)6(8(11)12)4-10(5)3/h5-7,9H,4H2,1-3H3,(H,11,12). The Balaban J connectivity index is 2.71.